The normalized spacial score (nSPS) is 10.6. The van der Waals surface area contributed by atoms with Crippen LogP contribution >= 0.6 is 0 Å². The molecule has 160 valence electrons. The fraction of sp³-hybridized carbons (Fsp3) is 0.136. The molecule has 2 heterocycles. The molecule has 0 atom stereocenters. The summed E-state index contributed by atoms with van der Waals surface area (Å²) in [5, 5.41) is 19.2. The van der Waals surface area contributed by atoms with Crippen LogP contribution < -0.4 is 16.4 Å². The zero-order valence-electron chi connectivity index (χ0n) is 17.0. The smallest absolute Gasteiger partial charge is 0.349 e. The number of hydrogen-bond acceptors (Lipinski definition) is 6. The number of para-hydroxylation sites is 1. The maximum absolute atomic E-state index is 13.0. The Balaban J connectivity index is 1.66. The molecule has 0 bridgehead atoms. The number of benzene rings is 2. The number of rotatable bonds is 6. The number of nitriles is 1. The van der Waals surface area contributed by atoms with Crippen molar-refractivity contribution in [2.75, 3.05) is 10.6 Å². The van der Waals surface area contributed by atoms with Crippen LogP contribution in [0.1, 0.15) is 35.8 Å². The molecule has 10 nitrogen and oxygen atoms in total. The van der Waals surface area contributed by atoms with Crippen LogP contribution in [-0.4, -0.2) is 26.9 Å². The number of carbonyl (C=O) groups excluding carboxylic acids is 2. The Labute approximate surface area is 181 Å². The van der Waals surface area contributed by atoms with E-state index in [1.165, 1.54) is 18.2 Å². The van der Waals surface area contributed by atoms with Gasteiger partial charge in [-0.05, 0) is 36.8 Å². The number of carbonyl (C=O) groups is 2. The number of aromatic nitrogens is 3. The quantitative estimate of drug-likeness (QED) is 0.367. The number of nitrogens with zero attached hydrogens (tertiary/aromatic N) is 2. The first-order valence-corrected chi connectivity index (χ1v) is 9.82. The van der Waals surface area contributed by atoms with Gasteiger partial charge < -0.3 is 15.6 Å². The number of H-pyrrole nitrogens is 2. The summed E-state index contributed by atoms with van der Waals surface area (Å²) in [5.74, 6) is -1.24. The van der Waals surface area contributed by atoms with Gasteiger partial charge in [0.05, 0.1) is 28.5 Å². The van der Waals surface area contributed by atoms with Crippen LogP contribution in [-0.2, 0) is 4.79 Å². The first-order chi connectivity index (χ1) is 15.5. The summed E-state index contributed by atoms with van der Waals surface area (Å²) in [4.78, 5) is 41.8. The average Bonchev–Trinajstić information content (AvgIpc) is 3.41. The van der Waals surface area contributed by atoms with Gasteiger partial charge in [-0.15, -0.1) is 0 Å². The highest BCUT2D eigenvalue weighted by atomic mass is 16.5. The van der Waals surface area contributed by atoms with Crippen molar-refractivity contribution >= 4 is 34.1 Å². The Morgan fingerprint density at radius 3 is 2.69 bits per heavy atom. The maximum Gasteiger partial charge on any atom is 0.439 e. The molecule has 10 heteroatoms. The second kappa shape index (κ2) is 8.61. The third kappa shape index (κ3) is 4.13. The molecule has 0 spiro atoms. The summed E-state index contributed by atoms with van der Waals surface area (Å²) in [7, 11) is 0. The van der Waals surface area contributed by atoms with Crippen LogP contribution in [0.25, 0.3) is 22.3 Å². The van der Waals surface area contributed by atoms with Gasteiger partial charge in [0.2, 0.25) is 5.91 Å². The number of aromatic amines is 2. The van der Waals surface area contributed by atoms with Crippen molar-refractivity contribution in [1.29, 1.82) is 5.26 Å². The van der Waals surface area contributed by atoms with E-state index in [4.69, 9.17) is 0 Å². The van der Waals surface area contributed by atoms with Crippen LogP contribution in [0, 0.1) is 11.3 Å². The zero-order valence-corrected chi connectivity index (χ0v) is 17.0. The fourth-order valence-electron chi connectivity index (χ4n) is 3.28. The van der Waals surface area contributed by atoms with Gasteiger partial charge in [0.25, 0.3) is 5.91 Å². The van der Waals surface area contributed by atoms with Crippen molar-refractivity contribution in [2.45, 2.75) is 19.8 Å². The molecule has 2 aromatic heterocycles. The van der Waals surface area contributed by atoms with Gasteiger partial charge in [-0.25, -0.2) is 4.79 Å². The van der Waals surface area contributed by atoms with Gasteiger partial charge in [0.1, 0.15) is 5.69 Å². The van der Waals surface area contributed by atoms with Gasteiger partial charge in [-0.3, -0.25) is 19.1 Å². The minimum atomic E-state index is -0.757. The Hall–Kier alpha value is -4.65. The average molecular weight is 430 g/mol. The minimum absolute atomic E-state index is 0.0833. The third-order valence-electron chi connectivity index (χ3n) is 4.74. The Morgan fingerprint density at radius 1 is 1.12 bits per heavy atom. The molecule has 2 amide bonds. The van der Waals surface area contributed by atoms with Gasteiger partial charge >= 0.3 is 5.76 Å². The Morgan fingerprint density at radius 2 is 1.97 bits per heavy atom. The lowest BCUT2D eigenvalue weighted by molar-refractivity contribution is -0.116. The molecular formula is C22H18N6O4. The van der Waals surface area contributed by atoms with Gasteiger partial charge in [-0.1, -0.05) is 24.2 Å². The molecular weight excluding hydrogens is 412 g/mol. The fourth-order valence-corrected chi connectivity index (χ4v) is 3.28. The van der Waals surface area contributed by atoms with E-state index in [1.807, 2.05) is 19.1 Å². The Bertz CT molecular complexity index is 1420. The van der Waals surface area contributed by atoms with Crippen molar-refractivity contribution in [3.8, 4) is 17.5 Å². The topological polar surface area (TPSA) is 157 Å². The van der Waals surface area contributed by atoms with Crippen LogP contribution in [0.2, 0.25) is 0 Å². The molecule has 0 aliphatic rings. The molecule has 0 fully saturated rings. The van der Waals surface area contributed by atoms with E-state index < -0.39 is 11.7 Å². The van der Waals surface area contributed by atoms with Crippen LogP contribution in [0.3, 0.4) is 0 Å². The number of amides is 2. The van der Waals surface area contributed by atoms with Crippen molar-refractivity contribution < 1.29 is 14.1 Å². The van der Waals surface area contributed by atoms with Gasteiger partial charge in [0, 0.05) is 17.4 Å². The molecule has 4 aromatic rings. The van der Waals surface area contributed by atoms with E-state index in [2.05, 4.69) is 30.3 Å². The standard InChI is InChI=1S/C22H18N6O4/c1-2-4-18(29)24-16-6-3-5-13-10-17(25-19(13)16)21(30)26-15-8-7-12(11-23)9-14(15)20-27-22(31)32-28-20/h3,5-10,25H,2,4H2,1H3,(H,24,29)(H,26,30)(H,27,28,31). The van der Waals surface area contributed by atoms with Crippen molar-refractivity contribution in [2.24, 2.45) is 0 Å². The third-order valence-corrected chi connectivity index (χ3v) is 4.74. The second-order valence-electron chi connectivity index (χ2n) is 7.02. The largest absolute Gasteiger partial charge is 0.439 e. The lowest BCUT2D eigenvalue weighted by atomic mass is 10.1. The molecule has 0 unspecified atom stereocenters. The molecule has 0 aliphatic heterocycles. The Kier molecular flexibility index (Phi) is 5.55. The number of nitrogens with one attached hydrogen (secondary N) is 4. The van der Waals surface area contributed by atoms with Crippen molar-refractivity contribution in [3.05, 3.63) is 64.3 Å². The van der Waals surface area contributed by atoms with E-state index in [1.54, 1.807) is 18.2 Å². The predicted molar refractivity (Wildman–Crippen MR) is 117 cm³/mol. The van der Waals surface area contributed by atoms with E-state index in [0.717, 1.165) is 11.8 Å². The molecule has 4 rings (SSSR count). The summed E-state index contributed by atoms with van der Waals surface area (Å²) in [6.45, 7) is 1.92. The second-order valence-corrected chi connectivity index (χ2v) is 7.02. The summed E-state index contributed by atoms with van der Waals surface area (Å²) >= 11 is 0. The highest BCUT2D eigenvalue weighted by molar-refractivity contribution is 6.09. The summed E-state index contributed by atoms with van der Waals surface area (Å²) < 4.78 is 4.54. The van der Waals surface area contributed by atoms with Crippen molar-refractivity contribution in [3.63, 3.8) is 0 Å². The monoisotopic (exact) mass is 430 g/mol. The van der Waals surface area contributed by atoms with E-state index in [-0.39, 0.29) is 17.4 Å². The number of hydrogen-bond donors (Lipinski definition) is 4. The summed E-state index contributed by atoms with van der Waals surface area (Å²) in [6, 6.07) is 13.6. The number of anilines is 2. The number of fused-ring (bicyclic) bond motifs is 1. The van der Waals surface area contributed by atoms with Crippen LogP contribution in [0.4, 0.5) is 11.4 Å². The lowest BCUT2D eigenvalue weighted by Gasteiger charge is -2.09. The van der Waals surface area contributed by atoms with Crippen LogP contribution in [0.5, 0.6) is 0 Å². The van der Waals surface area contributed by atoms with E-state index in [9.17, 15) is 19.6 Å². The molecule has 0 saturated carbocycles. The minimum Gasteiger partial charge on any atom is -0.349 e. The molecule has 0 saturated heterocycles. The zero-order chi connectivity index (χ0) is 22.7. The molecule has 4 N–H and O–H groups in total. The van der Waals surface area contributed by atoms with Crippen molar-refractivity contribution in [1.82, 2.24) is 15.1 Å². The molecule has 32 heavy (non-hydrogen) atoms. The summed E-state index contributed by atoms with van der Waals surface area (Å²) in [6.07, 6.45) is 1.12. The van der Waals surface area contributed by atoms with Crippen LogP contribution in [0.15, 0.2) is 51.8 Å². The lowest BCUT2D eigenvalue weighted by Crippen LogP contribution is -2.13. The van der Waals surface area contributed by atoms with Gasteiger partial charge in [-0.2, -0.15) is 5.26 Å². The highest BCUT2D eigenvalue weighted by Gasteiger charge is 2.17. The predicted octanol–water partition coefficient (Wildman–Crippen LogP) is 3.37. The summed E-state index contributed by atoms with van der Waals surface area (Å²) in [5.41, 5.74) is 2.45. The van der Waals surface area contributed by atoms with Gasteiger partial charge in [0.15, 0.2) is 5.82 Å². The highest BCUT2D eigenvalue weighted by Crippen LogP contribution is 2.28. The first-order valence-electron chi connectivity index (χ1n) is 9.82. The molecule has 2 aromatic carbocycles. The first kappa shape index (κ1) is 20.6. The molecule has 0 radical (unpaired) electrons. The van der Waals surface area contributed by atoms with E-state index >= 15 is 0 Å². The molecule has 0 aliphatic carbocycles. The SMILES string of the molecule is CCCC(=O)Nc1cccc2cc(C(=O)Nc3ccc(C#N)cc3-c3noc(=O)[nH]3)[nH]c12. The van der Waals surface area contributed by atoms with E-state index in [0.29, 0.717) is 34.4 Å². The maximum atomic E-state index is 13.0.